The summed E-state index contributed by atoms with van der Waals surface area (Å²) in [4.78, 5) is 73.2. The molecule has 0 fully saturated rings. The number of aliphatic hydroxyl groups excluding tert-OH is 1. The number of phosphoric ester groups is 2. The van der Waals surface area contributed by atoms with E-state index in [0.717, 1.165) is 102 Å². The quantitative estimate of drug-likeness (QED) is 0.0222. The molecule has 0 aromatic carbocycles. The lowest BCUT2D eigenvalue weighted by atomic mass is 9.99. The van der Waals surface area contributed by atoms with Crippen molar-refractivity contribution in [2.24, 2.45) is 11.8 Å². The second-order valence-electron chi connectivity index (χ2n) is 32.0. The number of hydrogen-bond acceptors (Lipinski definition) is 15. The van der Waals surface area contributed by atoms with Crippen LogP contribution in [-0.2, 0) is 65.4 Å². The molecule has 0 saturated carbocycles. The van der Waals surface area contributed by atoms with E-state index >= 15 is 0 Å². The first-order valence-electron chi connectivity index (χ1n) is 45.0. The van der Waals surface area contributed by atoms with Crippen LogP contribution in [-0.4, -0.2) is 96.7 Å². The zero-order valence-corrected chi connectivity index (χ0v) is 71.5. The number of phosphoric acid groups is 2. The van der Waals surface area contributed by atoms with E-state index < -0.39 is 97.5 Å². The average molecular weight is 1550 g/mol. The van der Waals surface area contributed by atoms with Gasteiger partial charge in [-0.2, -0.15) is 0 Å². The summed E-state index contributed by atoms with van der Waals surface area (Å²) in [5.74, 6) is -0.494. The summed E-state index contributed by atoms with van der Waals surface area (Å²) in [5.41, 5.74) is 0. The van der Waals surface area contributed by atoms with Gasteiger partial charge in [0.1, 0.15) is 19.3 Å². The number of esters is 4. The fourth-order valence-electron chi connectivity index (χ4n) is 13.6. The van der Waals surface area contributed by atoms with Crippen LogP contribution in [0.15, 0.2) is 0 Å². The van der Waals surface area contributed by atoms with Crippen molar-refractivity contribution in [3.63, 3.8) is 0 Å². The maximum Gasteiger partial charge on any atom is 0.472 e. The molecule has 17 nitrogen and oxygen atoms in total. The molecule has 0 spiro atoms. The maximum atomic E-state index is 13.2. The normalized spacial score (nSPS) is 14.1. The van der Waals surface area contributed by atoms with Crippen LogP contribution in [0.25, 0.3) is 0 Å². The first kappa shape index (κ1) is 104. The summed E-state index contributed by atoms with van der Waals surface area (Å²) >= 11 is 0. The highest BCUT2D eigenvalue weighted by Crippen LogP contribution is 2.45. The highest BCUT2D eigenvalue weighted by molar-refractivity contribution is 7.47. The maximum absolute atomic E-state index is 13.2. The number of hydrogen-bond donors (Lipinski definition) is 3. The van der Waals surface area contributed by atoms with E-state index in [1.165, 1.54) is 283 Å². The van der Waals surface area contributed by atoms with Crippen LogP contribution in [0.2, 0.25) is 0 Å². The minimum Gasteiger partial charge on any atom is -0.462 e. The standard InChI is InChI=1S/C87H170O17P2/c1-7-10-12-14-16-18-20-22-23-24-25-26-30-33-36-40-46-52-58-64-70-85(90)98-75-82(103-86(91)71-65-59-53-47-41-37-34-31-28-27-29-32-35-38-44-50-56-62-68-80(6)9-3)77-101-105(93,94)99-73-81(88)74-100-106(95,96)102-78-83(104-87(92)72-66-60-54-48-42-43-49-55-61-67-79(4)5)76-97-84(89)69-63-57-51-45-39-21-19-17-15-13-11-8-2/h79-83,88H,7-78H2,1-6H3,(H,93,94)(H,95,96)/t80?,81-,82-,83-/m1/s1. The van der Waals surface area contributed by atoms with Gasteiger partial charge in [-0.1, -0.05) is 414 Å². The summed E-state index contributed by atoms with van der Waals surface area (Å²) in [6.07, 6.45) is 70.9. The summed E-state index contributed by atoms with van der Waals surface area (Å²) in [5, 5.41) is 10.7. The molecule has 106 heavy (non-hydrogen) atoms. The van der Waals surface area contributed by atoms with Gasteiger partial charge in [-0.05, 0) is 37.5 Å². The lowest BCUT2D eigenvalue weighted by molar-refractivity contribution is -0.161. The zero-order valence-electron chi connectivity index (χ0n) is 69.7. The second-order valence-corrected chi connectivity index (χ2v) is 34.9. The first-order chi connectivity index (χ1) is 51.4. The molecule has 0 aliphatic rings. The van der Waals surface area contributed by atoms with Crippen molar-refractivity contribution in [1.82, 2.24) is 0 Å². The Kier molecular flexibility index (Phi) is 76.9. The number of rotatable bonds is 86. The van der Waals surface area contributed by atoms with Crippen LogP contribution in [0.1, 0.15) is 465 Å². The molecule has 0 aliphatic heterocycles. The third-order valence-electron chi connectivity index (χ3n) is 20.8. The highest BCUT2D eigenvalue weighted by Gasteiger charge is 2.30. The fraction of sp³-hybridized carbons (Fsp3) is 0.954. The van der Waals surface area contributed by atoms with E-state index in [2.05, 4.69) is 41.5 Å². The van der Waals surface area contributed by atoms with Crippen LogP contribution in [0.4, 0.5) is 0 Å². The summed E-state index contributed by atoms with van der Waals surface area (Å²) in [7, 11) is -9.93. The molecule has 0 bridgehead atoms. The predicted molar refractivity (Wildman–Crippen MR) is 437 cm³/mol. The number of ether oxygens (including phenoxy) is 4. The number of carbonyl (C=O) groups excluding carboxylic acids is 4. The van der Waals surface area contributed by atoms with Crippen molar-refractivity contribution in [3.8, 4) is 0 Å². The van der Waals surface area contributed by atoms with E-state index in [-0.39, 0.29) is 25.7 Å². The van der Waals surface area contributed by atoms with Crippen molar-refractivity contribution in [3.05, 3.63) is 0 Å². The molecular formula is C87H170O17P2. The summed E-state index contributed by atoms with van der Waals surface area (Å²) in [6, 6.07) is 0. The topological polar surface area (TPSA) is 237 Å². The Hall–Kier alpha value is -1.94. The molecule has 0 heterocycles. The minimum absolute atomic E-state index is 0.106. The van der Waals surface area contributed by atoms with E-state index in [4.69, 9.17) is 37.0 Å². The molecule has 0 aliphatic carbocycles. The highest BCUT2D eigenvalue weighted by atomic mass is 31.2. The largest absolute Gasteiger partial charge is 0.472 e. The third-order valence-corrected chi connectivity index (χ3v) is 22.7. The third kappa shape index (κ3) is 78.7. The smallest absolute Gasteiger partial charge is 0.462 e. The van der Waals surface area contributed by atoms with Gasteiger partial charge in [0.25, 0.3) is 0 Å². The zero-order chi connectivity index (χ0) is 77.8. The van der Waals surface area contributed by atoms with Gasteiger partial charge in [-0.3, -0.25) is 37.3 Å². The van der Waals surface area contributed by atoms with Gasteiger partial charge in [0.15, 0.2) is 12.2 Å². The van der Waals surface area contributed by atoms with Crippen molar-refractivity contribution >= 4 is 39.5 Å². The van der Waals surface area contributed by atoms with Crippen molar-refractivity contribution in [2.45, 2.75) is 484 Å². The van der Waals surface area contributed by atoms with Gasteiger partial charge in [-0.15, -0.1) is 0 Å². The molecule has 0 aromatic rings. The van der Waals surface area contributed by atoms with Crippen molar-refractivity contribution in [1.29, 1.82) is 0 Å². The Morgan fingerprint density at radius 2 is 0.481 bits per heavy atom. The molecule has 0 radical (unpaired) electrons. The van der Waals surface area contributed by atoms with Crippen LogP contribution in [0.3, 0.4) is 0 Å². The second kappa shape index (κ2) is 78.3. The Morgan fingerprint density at radius 3 is 0.717 bits per heavy atom. The SMILES string of the molecule is CCCCCCCCCCCCCCCCCCCCCCC(=O)OC[C@H](COP(=O)(O)OC[C@@H](O)COP(=O)(O)OC[C@@H](COC(=O)CCCCCCCCCCCCCC)OC(=O)CCCCCCCCCCCC(C)C)OC(=O)CCCCCCCCCCCCCCCCCCCCC(C)CC. The Bertz CT molecular complexity index is 2030. The predicted octanol–water partition coefficient (Wildman–Crippen LogP) is 26.6. The first-order valence-corrected chi connectivity index (χ1v) is 48.0. The monoisotopic (exact) mass is 1550 g/mol. The number of aliphatic hydroxyl groups is 1. The van der Waals surface area contributed by atoms with Crippen molar-refractivity contribution < 1.29 is 80.2 Å². The van der Waals surface area contributed by atoms with E-state index in [1.807, 2.05) is 0 Å². The van der Waals surface area contributed by atoms with E-state index in [1.54, 1.807) is 0 Å². The molecular weight excluding hydrogens is 1380 g/mol. The average Bonchev–Trinajstić information content (AvgIpc) is 0.902. The molecule has 0 amide bonds. The van der Waals surface area contributed by atoms with Gasteiger partial charge in [0.05, 0.1) is 26.4 Å². The van der Waals surface area contributed by atoms with Crippen LogP contribution in [0, 0.1) is 11.8 Å². The molecule has 19 heteroatoms. The molecule has 0 saturated heterocycles. The lowest BCUT2D eigenvalue weighted by Crippen LogP contribution is -2.30. The summed E-state index contributed by atoms with van der Waals surface area (Å²) in [6.45, 7) is 9.71. The Labute approximate surface area is 651 Å². The fourth-order valence-corrected chi connectivity index (χ4v) is 15.1. The van der Waals surface area contributed by atoms with E-state index in [9.17, 15) is 43.2 Å². The molecule has 0 aromatic heterocycles. The van der Waals surface area contributed by atoms with Gasteiger partial charge < -0.3 is 33.8 Å². The molecule has 3 N–H and O–H groups in total. The van der Waals surface area contributed by atoms with Crippen LogP contribution < -0.4 is 0 Å². The van der Waals surface area contributed by atoms with Gasteiger partial charge in [0, 0.05) is 25.7 Å². The van der Waals surface area contributed by atoms with Gasteiger partial charge in [0.2, 0.25) is 0 Å². The number of carbonyl (C=O) groups is 4. The number of unbranched alkanes of at least 4 members (excludes halogenated alkanes) is 55. The van der Waals surface area contributed by atoms with Crippen LogP contribution in [0.5, 0.6) is 0 Å². The van der Waals surface area contributed by atoms with Gasteiger partial charge in [-0.25, -0.2) is 9.13 Å². The summed E-state index contributed by atoms with van der Waals surface area (Å²) < 4.78 is 68.9. The minimum atomic E-state index is -4.97. The Morgan fingerprint density at radius 1 is 0.274 bits per heavy atom. The lowest BCUT2D eigenvalue weighted by Gasteiger charge is -2.21. The molecule has 0 rings (SSSR count). The van der Waals surface area contributed by atoms with Crippen LogP contribution >= 0.6 is 15.6 Å². The van der Waals surface area contributed by atoms with E-state index in [0.29, 0.717) is 25.7 Å². The van der Waals surface area contributed by atoms with Crippen molar-refractivity contribution in [2.75, 3.05) is 39.6 Å². The molecule has 6 atom stereocenters. The van der Waals surface area contributed by atoms with Gasteiger partial charge >= 0.3 is 39.5 Å². The Balaban J connectivity index is 5.22. The molecule has 630 valence electrons. The molecule has 3 unspecified atom stereocenters.